The Hall–Kier alpha value is -1.39. The first kappa shape index (κ1) is 9.61. The van der Waals surface area contributed by atoms with Crippen molar-refractivity contribution in [1.82, 2.24) is 10.6 Å². The van der Waals surface area contributed by atoms with Crippen LogP contribution >= 0.6 is 0 Å². The lowest BCUT2D eigenvalue weighted by Crippen LogP contribution is -2.40. The molecule has 2 N–H and O–H groups in total. The Morgan fingerprint density at radius 1 is 1.36 bits per heavy atom. The van der Waals surface area contributed by atoms with Crippen molar-refractivity contribution < 1.29 is 14.4 Å². The van der Waals surface area contributed by atoms with Gasteiger partial charge in [-0.2, -0.15) is 0 Å². The fourth-order valence-electron chi connectivity index (χ4n) is 0.346. The molecule has 0 aromatic carbocycles. The molecule has 0 saturated carbocycles. The van der Waals surface area contributed by atoms with Gasteiger partial charge in [0, 0.05) is 5.92 Å². The van der Waals surface area contributed by atoms with Crippen LogP contribution in [0.3, 0.4) is 0 Å². The van der Waals surface area contributed by atoms with Gasteiger partial charge in [-0.3, -0.25) is 20.2 Å². The Labute approximate surface area is 64.1 Å². The van der Waals surface area contributed by atoms with Crippen molar-refractivity contribution >= 4 is 18.3 Å². The van der Waals surface area contributed by atoms with Crippen LogP contribution in [0.25, 0.3) is 0 Å². The number of carbonyl (C=O) groups is 3. The fourth-order valence-corrected chi connectivity index (χ4v) is 0.346. The van der Waals surface area contributed by atoms with E-state index in [-0.39, 0.29) is 12.3 Å². The normalized spacial score (nSPS) is 9.00. The average molecular weight is 158 g/mol. The maximum Gasteiger partial charge on any atom is 0.327 e. The van der Waals surface area contributed by atoms with Crippen LogP contribution in [-0.4, -0.2) is 18.3 Å². The van der Waals surface area contributed by atoms with Gasteiger partial charge in [-0.25, -0.2) is 4.79 Å². The first-order chi connectivity index (χ1) is 5.07. The zero-order chi connectivity index (χ0) is 8.85. The molecule has 0 aliphatic rings. The van der Waals surface area contributed by atoms with Crippen LogP contribution in [-0.2, 0) is 9.59 Å². The third-order valence-electron chi connectivity index (χ3n) is 0.951. The van der Waals surface area contributed by atoms with Crippen molar-refractivity contribution in [3.8, 4) is 0 Å². The van der Waals surface area contributed by atoms with Crippen LogP contribution in [0.4, 0.5) is 4.79 Å². The van der Waals surface area contributed by atoms with Crippen molar-refractivity contribution in [2.75, 3.05) is 0 Å². The van der Waals surface area contributed by atoms with Gasteiger partial charge in [-0.05, 0) is 0 Å². The molecule has 0 heterocycles. The molecule has 0 atom stereocenters. The van der Waals surface area contributed by atoms with Gasteiger partial charge in [0.15, 0.2) is 0 Å². The van der Waals surface area contributed by atoms with Crippen molar-refractivity contribution in [3.05, 3.63) is 0 Å². The lowest BCUT2D eigenvalue weighted by Gasteiger charge is -2.03. The second kappa shape index (κ2) is 4.43. The topological polar surface area (TPSA) is 75.3 Å². The SMILES string of the molecule is CC(C)C(=O)NC(=O)NC=O. The first-order valence-electron chi connectivity index (χ1n) is 3.13. The van der Waals surface area contributed by atoms with Crippen LogP contribution < -0.4 is 10.6 Å². The lowest BCUT2D eigenvalue weighted by atomic mass is 10.2. The number of rotatable bonds is 2. The predicted molar refractivity (Wildman–Crippen MR) is 37.6 cm³/mol. The summed E-state index contributed by atoms with van der Waals surface area (Å²) in [6, 6.07) is -0.793. The number of amides is 4. The molecule has 4 amide bonds. The van der Waals surface area contributed by atoms with Gasteiger partial charge in [-0.1, -0.05) is 13.8 Å². The molecule has 0 saturated heterocycles. The lowest BCUT2D eigenvalue weighted by molar-refractivity contribution is -0.122. The van der Waals surface area contributed by atoms with E-state index in [4.69, 9.17) is 0 Å². The van der Waals surface area contributed by atoms with Crippen LogP contribution in [0.2, 0.25) is 0 Å². The van der Waals surface area contributed by atoms with E-state index in [0.717, 1.165) is 0 Å². The van der Waals surface area contributed by atoms with E-state index in [1.54, 1.807) is 19.2 Å². The summed E-state index contributed by atoms with van der Waals surface area (Å²) in [6.07, 6.45) is 0.211. The van der Waals surface area contributed by atoms with Crippen molar-refractivity contribution in [2.45, 2.75) is 13.8 Å². The van der Waals surface area contributed by atoms with Gasteiger partial charge in [0.25, 0.3) is 0 Å². The third-order valence-corrected chi connectivity index (χ3v) is 0.951. The highest BCUT2D eigenvalue weighted by Gasteiger charge is 2.09. The molecule has 0 spiro atoms. The number of carbonyl (C=O) groups excluding carboxylic acids is 3. The molecule has 62 valence electrons. The Kier molecular flexibility index (Phi) is 3.87. The molecule has 5 heteroatoms. The van der Waals surface area contributed by atoms with E-state index in [2.05, 4.69) is 0 Å². The monoisotopic (exact) mass is 158 g/mol. The number of nitrogens with one attached hydrogen (secondary N) is 2. The molecule has 0 bridgehead atoms. The quantitative estimate of drug-likeness (QED) is 0.538. The zero-order valence-electron chi connectivity index (χ0n) is 6.38. The maximum absolute atomic E-state index is 10.7. The summed E-state index contributed by atoms with van der Waals surface area (Å²) in [5.41, 5.74) is 0. The Bertz CT molecular complexity index is 177. The Balaban J connectivity index is 3.75. The van der Waals surface area contributed by atoms with E-state index in [1.165, 1.54) is 0 Å². The van der Waals surface area contributed by atoms with Crippen molar-refractivity contribution in [1.29, 1.82) is 0 Å². The summed E-state index contributed by atoms with van der Waals surface area (Å²) in [6.45, 7) is 3.28. The molecule has 5 nitrogen and oxygen atoms in total. The van der Waals surface area contributed by atoms with E-state index in [9.17, 15) is 14.4 Å². The standard InChI is InChI=1S/C6H10N2O3/c1-4(2)5(10)8-6(11)7-3-9/h3-4H,1-2H3,(H2,7,8,9,10,11). The summed E-state index contributed by atoms with van der Waals surface area (Å²) in [5, 5.41) is 3.74. The minimum absolute atomic E-state index is 0.211. The van der Waals surface area contributed by atoms with Gasteiger partial charge in [-0.15, -0.1) is 0 Å². The smallest absolute Gasteiger partial charge is 0.280 e. The van der Waals surface area contributed by atoms with Gasteiger partial charge >= 0.3 is 6.03 Å². The summed E-state index contributed by atoms with van der Waals surface area (Å²) >= 11 is 0. The zero-order valence-corrected chi connectivity index (χ0v) is 6.38. The molecular weight excluding hydrogens is 148 g/mol. The number of urea groups is 1. The summed E-state index contributed by atoms with van der Waals surface area (Å²) < 4.78 is 0. The van der Waals surface area contributed by atoms with Crippen LogP contribution in [0.5, 0.6) is 0 Å². The minimum Gasteiger partial charge on any atom is -0.280 e. The molecule has 0 radical (unpaired) electrons. The average Bonchev–Trinajstić information content (AvgIpc) is 1.87. The van der Waals surface area contributed by atoms with Gasteiger partial charge in [0.05, 0.1) is 0 Å². The van der Waals surface area contributed by atoms with Crippen LogP contribution in [0.15, 0.2) is 0 Å². The highest BCUT2D eigenvalue weighted by atomic mass is 16.2. The molecule has 0 fully saturated rings. The molecule has 0 rings (SSSR count). The summed E-state index contributed by atoms with van der Waals surface area (Å²) in [7, 11) is 0. The minimum atomic E-state index is -0.793. The maximum atomic E-state index is 10.7. The molecular formula is C6H10N2O3. The predicted octanol–water partition coefficient (Wildman–Crippen LogP) is -0.375. The van der Waals surface area contributed by atoms with Crippen molar-refractivity contribution in [3.63, 3.8) is 0 Å². The van der Waals surface area contributed by atoms with Gasteiger partial charge in [0.1, 0.15) is 0 Å². The highest BCUT2D eigenvalue weighted by molar-refractivity contribution is 5.98. The van der Waals surface area contributed by atoms with Gasteiger partial charge in [0.2, 0.25) is 12.3 Å². The molecule has 0 aliphatic heterocycles. The third kappa shape index (κ3) is 4.07. The van der Waals surface area contributed by atoms with Crippen LogP contribution in [0, 0.1) is 5.92 Å². The van der Waals surface area contributed by atoms with E-state index >= 15 is 0 Å². The molecule has 0 aliphatic carbocycles. The Morgan fingerprint density at radius 3 is 2.27 bits per heavy atom. The molecule has 0 unspecified atom stereocenters. The fraction of sp³-hybridized carbons (Fsp3) is 0.500. The van der Waals surface area contributed by atoms with E-state index in [0.29, 0.717) is 0 Å². The largest absolute Gasteiger partial charge is 0.327 e. The summed E-state index contributed by atoms with van der Waals surface area (Å²) in [5.74, 6) is -0.684. The van der Waals surface area contributed by atoms with E-state index < -0.39 is 11.9 Å². The molecule has 0 aromatic heterocycles. The van der Waals surface area contributed by atoms with Gasteiger partial charge < -0.3 is 0 Å². The van der Waals surface area contributed by atoms with E-state index in [1.807, 2.05) is 5.32 Å². The number of hydrogen-bond acceptors (Lipinski definition) is 3. The second-order valence-electron chi connectivity index (χ2n) is 2.24. The highest BCUT2D eigenvalue weighted by Crippen LogP contribution is 1.89. The molecule has 11 heavy (non-hydrogen) atoms. The number of imide groups is 2. The van der Waals surface area contributed by atoms with Crippen LogP contribution in [0.1, 0.15) is 13.8 Å². The Morgan fingerprint density at radius 2 is 1.91 bits per heavy atom. The number of hydrogen-bond donors (Lipinski definition) is 2. The first-order valence-corrected chi connectivity index (χ1v) is 3.13. The molecule has 0 aromatic rings. The van der Waals surface area contributed by atoms with Crippen molar-refractivity contribution in [2.24, 2.45) is 5.92 Å². The summed E-state index contributed by atoms with van der Waals surface area (Å²) in [4.78, 5) is 30.9. The second-order valence-corrected chi connectivity index (χ2v) is 2.24.